The smallest absolute Gasteiger partial charge is 0.309 e. The molecule has 2 aromatic rings. The number of rotatable bonds is 5. The van der Waals surface area contributed by atoms with E-state index in [4.69, 9.17) is 9.84 Å². The molecule has 2 rings (SSSR count). The standard InChI is InChI=1S/C13H11FN2O4S/c1-20-9-4-2-3-8(14)11(9)12(19)16-13-15-7(6-21-13)5-10(17)18/h2-4,6H,5H2,1H3,(H,17,18)(H,15,16,19). The van der Waals surface area contributed by atoms with Gasteiger partial charge in [-0.1, -0.05) is 6.07 Å². The molecule has 0 atom stereocenters. The number of aliphatic carboxylic acids is 1. The molecule has 0 saturated carbocycles. The summed E-state index contributed by atoms with van der Waals surface area (Å²) in [6, 6.07) is 4.05. The third kappa shape index (κ3) is 3.54. The van der Waals surface area contributed by atoms with Crippen LogP contribution < -0.4 is 10.1 Å². The normalized spacial score (nSPS) is 10.2. The molecule has 1 aromatic carbocycles. The Bertz CT molecular complexity index is 687. The number of thiazole rings is 1. The minimum atomic E-state index is -1.02. The fourth-order valence-electron chi connectivity index (χ4n) is 1.65. The summed E-state index contributed by atoms with van der Waals surface area (Å²) in [4.78, 5) is 26.6. The van der Waals surface area contributed by atoms with Crippen molar-refractivity contribution in [3.05, 3.63) is 40.7 Å². The third-order valence-corrected chi connectivity index (χ3v) is 3.33. The van der Waals surface area contributed by atoms with Gasteiger partial charge in [-0.15, -0.1) is 11.3 Å². The monoisotopic (exact) mass is 310 g/mol. The maximum Gasteiger partial charge on any atom is 0.309 e. The van der Waals surface area contributed by atoms with E-state index in [9.17, 15) is 14.0 Å². The molecule has 0 spiro atoms. The first-order valence-corrected chi connectivity index (χ1v) is 6.69. The van der Waals surface area contributed by atoms with E-state index in [0.717, 1.165) is 17.4 Å². The van der Waals surface area contributed by atoms with E-state index in [1.807, 2.05) is 0 Å². The van der Waals surface area contributed by atoms with Crippen molar-refractivity contribution in [2.45, 2.75) is 6.42 Å². The Kier molecular flexibility index (Phi) is 4.49. The average molecular weight is 310 g/mol. The van der Waals surface area contributed by atoms with E-state index in [-0.39, 0.29) is 22.9 Å². The molecule has 0 bridgehead atoms. The summed E-state index contributed by atoms with van der Waals surface area (Å²) in [5.74, 6) is -2.33. The van der Waals surface area contributed by atoms with Gasteiger partial charge in [-0.25, -0.2) is 9.37 Å². The van der Waals surface area contributed by atoms with E-state index in [1.54, 1.807) is 0 Å². The maximum atomic E-state index is 13.7. The first-order valence-electron chi connectivity index (χ1n) is 5.81. The Morgan fingerprint density at radius 3 is 2.90 bits per heavy atom. The number of benzene rings is 1. The fraction of sp³-hybridized carbons (Fsp3) is 0.154. The van der Waals surface area contributed by atoms with Crippen molar-refractivity contribution in [3.8, 4) is 5.75 Å². The van der Waals surface area contributed by atoms with Gasteiger partial charge < -0.3 is 9.84 Å². The zero-order chi connectivity index (χ0) is 15.4. The van der Waals surface area contributed by atoms with Gasteiger partial charge in [-0.2, -0.15) is 0 Å². The lowest BCUT2D eigenvalue weighted by atomic mass is 10.1. The third-order valence-electron chi connectivity index (χ3n) is 2.53. The number of carboxylic acids is 1. The van der Waals surface area contributed by atoms with Crippen LogP contribution in [0, 0.1) is 5.82 Å². The van der Waals surface area contributed by atoms with Crippen molar-refractivity contribution < 1.29 is 23.8 Å². The molecule has 0 saturated heterocycles. The molecule has 8 heteroatoms. The van der Waals surface area contributed by atoms with Gasteiger partial charge in [0.1, 0.15) is 17.1 Å². The van der Waals surface area contributed by atoms with Gasteiger partial charge in [0.15, 0.2) is 5.13 Å². The Morgan fingerprint density at radius 1 is 1.48 bits per heavy atom. The fourth-order valence-corrected chi connectivity index (χ4v) is 2.36. The summed E-state index contributed by atoms with van der Waals surface area (Å²) in [5, 5.41) is 12.8. The zero-order valence-electron chi connectivity index (χ0n) is 10.9. The number of carbonyl (C=O) groups is 2. The van der Waals surface area contributed by atoms with Gasteiger partial charge in [-0.3, -0.25) is 14.9 Å². The van der Waals surface area contributed by atoms with Crippen molar-refractivity contribution in [1.29, 1.82) is 0 Å². The van der Waals surface area contributed by atoms with Crippen LogP contribution in [-0.4, -0.2) is 29.1 Å². The lowest BCUT2D eigenvalue weighted by Crippen LogP contribution is -2.15. The SMILES string of the molecule is COc1cccc(F)c1C(=O)Nc1nc(CC(=O)O)cs1. The van der Waals surface area contributed by atoms with E-state index in [1.165, 1.54) is 24.6 Å². The van der Waals surface area contributed by atoms with Gasteiger partial charge in [0.2, 0.25) is 0 Å². The number of halogens is 1. The summed E-state index contributed by atoms with van der Waals surface area (Å²) < 4.78 is 18.7. The molecule has 1 aromatic heterocycles. The molecule has 6 nitrogen and oxygen atoms in total. The van der Waals surface area contributed by atoms with Crippen molar-refractivity contribution in [2.24, 2.45) is 0 Å². The highest BCUT2D eigenvalue weighted by Gasteiger charge is 2.19. The van der Waals surface area contributed by atoms with Crippen LogP contribution >= 0.6 is 11.3 Å². The average Bonchev–Trinajstić information content (AvgIpc) is 2.84. The van der Waals surface area contributed by atoms with Crippen molar-refractivity contribution >= 4 is 28.3 Å². The van der Waals surface area contributed by atoms with Crippen molar-refractivity contribution in [1.82, 2.24) is 4.98 Å². The second kappa shape index (κ2) is 6.31. The van der Waals surface area contributed by atoms with Gasteiger partial charge in [0.05, 0.1) is 19.2 Å². The van der Waals surface area contributed by atoms with Crippen LogP contribution in [0.4, 0.5) is 9.52 Å². The molecule has 1 amide bonds. The number of aromatic nitrogens is 1. The van der Waals surface area contributed by atoms with Crippen LogP contribution in [0.2, 0.25) is 0 Å². The van der Waals surface area contributed by atoms with Gasteiger partial charge >= 0.3 is 5.97 Å². The number of carboxylic acid groups (broad SMARTS) is 1. The number of amides is 1. The van der Waals surface area contributed by atoms with Crippen LogP contribution in [-0.2, 0) is 11.2 Å². The van der Waals surface area contributed by atoms with Crippen LogP contribution in [0.1, 0.15) is 16.1 Å². The van der Waals surface area contributed by atoms with Gasteiger partial charge in [-0.05, 0) is 12.1 Å². The maximum absolute atomic E-state index is 13.7. The van der Waals surface area contributed by atoms with Crippen molar-refractivity contribution in [3.63, 3.8) is 0 Å². The Morgan fingerprint density at radius 2 is 2.24 bits per heavy atom. The Balaban J connectivity index is 2.18. The molecule has 110 valence electrons. The molecule has 0 aliphatic heterocycles. The molecule has 2 N–H and O–H groups in total. The van der Waals surface area contributed by atoms with Crippen LogP contribution in [0.25, 0.3) is 0 Å². The predicted molar refractivity (Wildman–Crippen MR) is 74.4 cm³/mol. The number of nitrogens with zero attached hydrogens (tertiary/aromatic N) is 1. The molecule has 0 radical (unpaired) electrons. The molecular formula is C13H11FN2O4S. The molecule has 1 heterocycles. The molecule has 0 fully saturated rings. The second-order valence-electron chi connectivity index (χ2n) is 3.99. The highest BCUT2D eigenvalue weighted by Crippen LogP contribution is 2.23. The highest BCUT2D eigenvalue weighted by atomic mass is 32.1. The van der Waals surface area contributed by atoms with Gasteiger partial charge in [0.25, 0.3) is 5.91 Å². The molecule has 21 heavy (non-hydrogen) atoms. The molecule has 0 aliphatic carbocycles. The number of methoxy groups -OCH3 is 1. The number of ether oxygens (including phenoxy) is 1. The summed E-state index contributed by atoms with van der Waals surface area (Å²) >= 11 is 1.06. The highest BCUT2D eigenvalue weighted by molar-refractivity contribution is 7.14. The lowest BCUT2D eigenvalue weighted by molar-refractivity contribution is -0.136. The number of hydrogen-bond donors (Lipinski definition) is 2. The van der Waals surface area contributed by atoms with E-state index < -0.39 is 17.7 Å². The first-order chi connectivity index (χ1) is 10.0. The molecule has 0 unspecified atom stereocenters. The summed E-state index contributed by atoms with van der Waals surface area (Å²) in [6.07, 6.45) is -0.241. The largest absolute Gasteiger partial charge is 0.496 e. The minimum absolute atomic E-state index is 0.106. The second-order valence-corrected chi connectivity index (χ2v) is 4.84. The van der Waals surface area contributed by atoms with Crippen molar-refractivity contribution in [2.75, 3.05) is 12.4 Å². The quantitative estimate of drug-likeness (QED) is 0.883. The van der Waals surface area contributed by atoms with E-state index >= 15 is 0 Å². The van der Waals surface area contributed by atoms with Crippen LogP contribution in [0.3, 0.4) is 0 Å². The summed E-state index contributed by atoms with van der Waals surface area (Å²) in [7, 11) is 1.33. The Hall–Kier alpha value is -2.48. The summed E-state index contributed by atoms with van der Waals surface area (Å²) in [5.41, 5.74) is 0.0956. The number of anilines is 1. The zero-order valence-corrected chi connectivity index (χ0v) is 11.7. The van der Waals surface area contributed by atoms with E-state index in [2.05, 4.69) is 10.3 Å². The van der Waals surface area contributed by atoms with Crippen LogP contribution in [0.5, 0.6) is 5.75 Å². The number of nitrogens with one attached hydrogen (secondary N) is 1. The lowest BCUT2D eigenvalue weighted by Gasteiger charge is -2.08. The molecular weight excluding hydrogens is 299 g/mol. The minimum Gasteiger partial charge on any atom is -0.496 e. The first kappa shape index (κ1) is 14.9. The summed E-state index contributed by atoms with van der Waals surface area (Å²) in [6.45, 7) is 0. The predicted octanol–water partition coefficient (Wildman–Crippen LogP) is 2.17. The number of carbonyl (C=O) groups excluding carboxylic acids is 1. The Labute approximate surface area is 123 Å². The van der Waals surface area contributed by atoms with Crippen LogP contribution in [0.15, 0.2) is 23.6 Å². The molecule has 0 aliphatic rings. The topological polar surface area (TPSA) is 88.5 Å². The van der Waals surface area contributed by atoms with E-state index in [0.29, 0.717) is 5.69 Å². The van der Waals surface area contributed by atoms with Gasteiger partial charge in [0, 0.05) is 5.38 Å². The number of hydrogen-bond acceptors (Lipinski definition) is 5.